The molecule has 0 aliphatic heterocycles. The molecule has 0 spiro atoms. The predicted molar refractivity (Wildman–Crippen MR) is 93.6 cm³/mol. The molecule has 0 unspecified atom stereocenters. The summed E-state index contributed by atoms with van der Waals surface area (Å²) in [6.45, 7) is 2.21. The van der Waals surface area contributed by atoms with Crippen LogP contribution in [0, 0.1) is 17.0 Å². The lowest BCUT2D eigenvalue weighted by Crippen LogP contribution is -2.13. The molecular formula is C18H16N4O3. The standard InChI is InChI=1S/C18H16N4O3/c1-13-11-15(7-8-16(13)22(24)25)18(23)19-17-9-10-21(20-17)12-14-5-3-2-4-6-14/h2-11H,12H2,1H3,(H,19,20,23). The van der Waals surface area contributed by atoms with E-state index in [4.69, 9.17) is 0 Å². The van der Waals surface area contributed by atoms with Crippen molar-refractivity contribution in [3.8, 4) is 0 Å². The third-order valence-electron chi connectivity index (χ3n) is 3.73. The Hall–Kier alpha value is -3.48. The van der Waals surface area contributed by atoms with E-state index in [2.05, 4.69) is 10.4 Å². The Morgan fingerprint density at radius 2 is 1.96 bits per heavy atom. The van der Waals surface area contributed by atoms with Gasteiger partial charge in [0, 0.05) is 29.5 Å². The summed E-state index contributed by atoms with van der Waals surface area (Å²) in [5, 5.41) is 17.9. The summed E-state index contributed by atoms with van der Waals surface area (Å²) in [6.07, 6.45) is 1.78. The molecule has 3 aromatic rings. The average Bonchev–Trinajstić information content (AvgIpc) is 3.02. The van der Waals surface area contributed by atoms with Gasteiger partial charge in [-0.15, -0.1) is 0 Å². The first kappa shape index (κ1) is 16.4. The Morgan fingerprint density at radius 1 is 1.20 bits per heavy atom. The minimum absolute atomic E-state index is 0.0105. The molecule has 1 amide bonds. The molecule has 0 aliphatic carbocycles. The molecule has 1 heterocycles. The molecule has 3 rings (SSSR count). The SMILES string of the molecule is Cc1cc(C(=O)Nc2ccn(Cc3ccccc3)n2)ccc1[N+](=O)[O-]. The van der Waals surface area contributed by atoms with Crippen molar-refractivity contribution in [1.29, 1.82) is 0 Å². The third-order valence-corrected chi connectivity index (χ3v) is 3.73. The van der Waals surface area contributed by atoms with Gasteiger partial charge in [0.2, 0.25) is 0 Å². The second kappa shape index (κ2) is 6.96. The Labute approximate surface area is 144 Å². The number of carbonyl (C=O) groups is 1. The van der Waals surface area contributed by atoms with Crippen LogP contribution in [0.15, 0.2) is 60.8 Å². The fourth-order valence-electron chi connectivity index (χ4n) is 2.48. The topological polar surface area (TPSA) is 90.1 Å². The van der Waals surface area contributed by atoms with Gasteiger partial charge in [-0.25, -0.2) is 0 Å². The molecule has 126 valence electrons. The minimum Gasteiger partial charge on any atom is -0.305 e. The number of nitrogens with zero attached hydrogens (tertiary/aromatic N) is 3. The Kier molecular flexibility index (Phi) is 4.56. The van der Waals surface area contributed by atoms with Gasteiger partial charge in [-0.2, -0.15) is 5.10 Å². The van der Waals surface area contributed by atoms with Crippen molar-refractivity contribution in [2.45, 2.75) is 13.5 Å². The van der Waals surface area contributed by atoms with E-state index in [0.29, 0.717) is 23.5 Å². The van der Waals surface area contributed by atoms with Gasteiger partial charge in [0.1, 0.15) is 0 Å². The molecule has 0 saturated heterocycles. The molecule has 0 aliphatic rings. The second-order valence-corrected chi connectivity index (χ2v) is 5.60. The summed E-state index contributed by atoms with van der Waals surface area (Å²) < 4.78 is 1.73. The molecule has 1 N–H and O–H groups in total. The van der Waals surface area contributed by atoms with Gasteiger partial charge < -0.3 is 5.32 Å². The number of aryl methyl sites for hydroxylation is 1. The van der Waals surface area contributed by atoms with Crippen LogP contribution < -0.4 is 5.32 Å². The van der Waals surface area contributed by atoms with Gasteiger partial charge in [-0.05, 0) is 24.6 Å². The van der Waals surface area contributed by atoms with Crippen molar-refractivity contribution in [1.82, 2.24) is 9.78 Å². The van der Waals surface area contributed by atoms with E-state index >= 15 is 0 Å². The fraction of sp³-hybridized carbons (Fsp3) is 0.111. The lowest BCUT2D eigenvalue weighted by Gasteiger charge is -2.04. The predicted octanol–water partition coefficient (Wildman–Crippen LogP) is 3.40. The van der Waals surface area contributed by atoms with E-state index in [-0.39, 0.29) is 11.6 Å². The monoisotopic (exact) mass is 336 g/mol. The van der Waals surface area contributed by atoms with E-state index in [9.17, 15) is 14.9 Å². The van der Waals surface area contributed by atoms with Crippen LogP contribution in [0.5, 0.6) is 0 Å². The lowest BCUT2D eigenvalue weighted by molar-refractivity contribution is -0.385. The maximum Gasteiger partial charge on any atom is 0.272 e. The van der Waals surface area contributed by atoms with Crippen LogP contribution >= 0.6 is 0 Å². The first-order valence-electron chi connectivity index (χ1n) is 7.67. The van der Waals surface area contributed by atoms with Crippen molar-refractivity contribution in [3.05, 3.63) is 87.6 Å². The number of hydrogen-bond donors (Lipinski definition) is 1. The number of nitro groups is 1. The van der Waals surface area contributed by atoms with Crippen LogP contribution in [-0.4, -0.2) is 20.6 Å². The minimum atomic E-state index is -0.470. The highest BCUT2D eigenvalue weighted by atomic mass is 16.6. The average molecular weight is 336 g/mol. The second-order valence-electron chi connectivity index (χ2n) is 5.60. The largest absolute Gasteiger partial charge is 0.305 e. The van der Waals surface area contributed by atoms with Gasteiger partial charge in [-0.3, -0.25) is 19.6 Å². The zero-order valence-electron chi connectivity index (χ0n) is 13.5. The molecule has 0 fully saturated rings. The van der Waals surface area contributed by atoms with Crippen molar-refractivity contribution < 1.29 is 9.72 Å². The van der Waals surface area contributed by atoms with Gasteiger partial charge in [0.05, 0.1) is 11.5 Å². The van der Waals surface area contributed by atoms with Crippen LogP contribution in [0.3, 0.4) is 0 Å². The highest BCUT2D eigenvalue weighted by molar-refractivity contribution is 6.04. The van der Waals surface area contributed by atoms with Crippen molar-refractivity contribution >= 4 is 17.4 Å². The smallest absolute Gasteiger partial charge is 0.272 e. The first-order valence-corrected chi connectivity index (χ1v) is 7.67. The summed E-state index contributed by atoms with van der Waals surface area (Å²) in [5.41, 5.74) is 1.88. The number of hydrogen-bond acceptors (Lipinski definition) is 4. The number of anilines is 1. The molecule has 7 heteroatoms. The molecule has 0 radical (unpaired) electrons. The van der Waals surface area contributed by atoms with Crippen LogP contribution in [0.25, 0.3) is 0 Å². The summed E-state index contributed by atoms with van der Waals surface area (Å²) in [4.78, 5) is 22.7. The first-order chi connectivity index (χ1) is 12.0. The van der Waals surface area contributed by atoms with Crippen LogP contribution in [0.2, 0.25) is 0 Å². The lowest BCUT2D eigenvalue weighted by atomic mass is 10.1. The van der Waals surface area contributed by atoms with Crippen LogP contribution in [0.1, 0.15) is 21.5 Å². The molecule has 25 heavy (non-hydrogen) atoms. The number of amides is 1. The number of benzene rings is 2. The van der Waals surface area contributed by atoms with Crippen LogP contribution in [0.4, 0.5) is 11.5 Å². The fourth-order valence-corrected chi connectivity index (χ4v) is 2.48. The van der Waals surface area contributed by atoms with Gasteiger partial charge in [-0.1, -0.05) is 30.3 Å². The Balaban J connectivity index is 1.69. The van der Waals surface area contributed by atoms with E-state index in [0.717, 1.165) is 5.56 Å². The maximum absolute atomic E-state index is 12.3. The highest BCUT2D eigenvalue weighted by Gasteiger charge is 2.14. The zero-order valence-corrected chi connectivity index (χ0v) is 13.5. The summed E-state index contributed by atoms with van der Waals surface area (Å²) in [7, 11) is 0. The maximum atomic E-state index is 12.3. The number of nitro benzene ring substituents is 1. The number of nitrogens with one attached hydrogen (secondary N) is 1. The number of aromatic nitrogens is 2. The van der Waals surface area contributed by atoms with E-state index in [1.807, 2.05) is 30.3 Å². The van der Waals surface area contributed by atoms with E-state index in [1.54, 1.807) is 23.9 Å². The van der Waals surface area contributed by atoms with Gasteiger partial charge >= 0.3 is 0 Å². The summed E-state index contributed by atoms with van der Waals surface area (Å²) in [6, 6.07) is 15.8. The molecule has 1 aromatic heterocycles. The summed E-state index contributed by atoms with van der Waals surface area (Å²) >= 11 is 0. The Morgan fingerprint density at radius 3 is 2.64 bits per heavy atom. The number of carbonyl (C=O) groups excluding carboxylic acids is 1. The summed E-state index contributed by atoms with van der Waals surface area (Å²) in [5.74, 6) is 0.0693. The van der Waals surface area contributed by atoms with Crippen molar-refractivity contribution in [3.63, 3.8) is 0 Å². The number of rotatable bonds is 5. The quantitative estimate of drug-likeness (QED) is 0.571. The zero-order chi connectivity index (χ0) is 17.8. The van der Waals surface area contributed by atoms with E-state index in [1.165, 1.54) is 18.2 Å². The van der Waals surface area contributed by atoms with Gasteiger partial charge in [0.25, 0.3) is 11.6 Å². The van der Waals surface area contributed by atoms with Crippen molar-refractivity contribution in [2.75, 3.05) is 5.32 Å². The van der Waals surface area contributed by atoms with E-state index < -0.39 is 4.92 Å². The molecule has 2 aromatic carbocycles. The molecular weight excluding hydrogens is 320 g/mol. The highest BCUT2D eigenvalue weighted by Crippen LogP contribution is 2.19. The van der Waals surface area contributed by atoms with Crippen LogP contribution in [-0.2, 0) is 6.54 Å². The van der Waals surface area contributed by atoms with Gasteiger partial charge in [0.15, 0.2) is 5.82 Å². The molecule has 7 nitrogen and oxygen atoms in total. The normalized spacial score (nSPS) is 10.4. The molecule has 0 atom stereocenters. The Bertz CT molecular complexity index is 919. The third kappa shape index (κ3) is 3.89. The molecule has 0 bridgehead atoms. The van der Waals surface area contributed by atoms with Crippen molar-refractivity contribution in [2.24, 2.45) is 0 Å². The molecule has 0 saturated carbocycles.